The zero-order valence-electron chi connectivity index (χ0n) is 18.2. The van der Waals surface area contributed by atoms with Gasteiger partial charge >= 0.3 is 6.09 Å². The first kappa shape index (κ1) is 23.3. The number of carbonyl (C=O) groups is 1. The molecular formula is C24H33NO3. The Hall–Kier alpha value is -2.75. The zero-order valence-corrected chi connectivity index (χ0v) is 18.2. The van der Waals surface area contributed by atoms with E-state index >= 15 is 0 Å². The van der Waals surface area contributed by atoms with Gasteiger partial charge in [-0.25, -0.2) is 4.79 Å². The summed E-state index contributed by atoms with van der Waals surface area (Å²) in [6.07, 6.45) is 3.29. The van der Waals surface area contributed by atoms with E-state index in [1.807, 2.05) is 78.8 Å². The lowest BCUT2D eigenvalue weighted by Crippen LogP contribution is -2.32. The number of carbonyl (C=O) groups excluding carboxylic acids is 1. The van der Waals surface area contributed by atoms with Gasteiger partial charge in [0.25, 0.3) is 0 Å². The van der Waals surface area contributed by atoms with Crippen LogP contribution in [0.15, 0.2) is 52.7 Å². The van der Waals surface area contributed by atoms with E-state index in [-0.39, 0.29) is 0 Å². The average Bonchev–Trinajstić information content (AvgIpc) is 3.04. The molecule has 1 aromatic carbocycles. The van der Waals surface area contributed by atoms with E-state index in [1.54, 1.807) is 6.26 Å². The van der Waals surface area contributed by atoms with Crippen molar-refractivity contribution in [3.8, 4) is 0 Å². The van der Waals surface area contributed by atoms with Gasteiger partial charge in [0.05, 0.1) is 6.26 Å². The number of hydrogen-bond acceptors (Lipinski definition) is 3. The van der Waals surface area contributed by atoms with E-state index < -0.39 is 11.7 Å². The van der Waals surface area contributed by atoms with Crippen LogP contribution in [-0.2, 0) is 11.3 Å². The maximum atomic E-state index is 11.9. The molecule has 2 rings (SSSR count). The molecule has 28 heavy (non-hydrogen) atoms. The normalized spacial score (nSPS) is 11.7. The van der Waals surface area contributed by atoms with Gasteiger partial charge in [0.15, 0.2) is 0 Å². The molecule has 0 spiro atoms. The van der Waals surface area contributed by atoms with E-state index in [2.05, 4.69) is 18.0 Å². The highest BCUT2D eigenvalue weighted by Gasteiger charge is 2.15. The lowest BCUT2D eigenvalue weighted by atomic mass is 10.0. The van der Waals surface area contributed by atoms with Crippen LogP contribution in [-0.4, -0.2) is 11.7 Å². The Morgan fingerprint density at radius 2 is 1.89 bits per heavy atom. The molecule has 0 radical (unpaired) electrons. The predicted molar refractivity (Wildman–Crippen MR) is 116 cm³/mol. The quantitative estimate of drug-likeness (QED) is 0.816. The van der Waals surface area contributed by atoms with Crippen molar-refractivity contribution >= 4 is 18.2 Å². The van der Waals surface area contributed by atoms with E-state index in [4.69, 9.17) is 9.15 Å². The van der Waals surface area contributed by atoms with Crippen LogP contribution in [0.5, 0.6) is 0 Å². The number of allylic oxidation sites excluding steroid dienone is 2. The minimum absolute atomic E-state index is 0.389. The summed E-state index contributed by atoms with van der Waals surface area (Å²) >= 11 is 0. The third-order valence-corrected chi connectivity index (χ3v) is 3.50. The number of amides is 1. The molecule has 0 saturated heterocycles. The Morgan fingerprint density at radius 3 is 2.43 bits per heavy atom. The van der Waals surface area contributed by atoms with Gasteiger partial charge in [-0.1, -0.05) is 50.3 Å². The van der Waals surface area contributed by atoms with Crippen LogP contribution in [0.1, 0.15) is 59.6 Å². The van der Waals surface area contributed by atoms with Gasteiger partial charge in [-0.05, 0) is 57.9 Å². The molecule has 4 nitrogen and oxygen atoms in total. The third kappa shape index (κ3) is 7.47. The molecule has 0 saturated carbocycles. The fourth-order valence-electron chi connectivity index (χ4n) is 2.48. The van der Waals surface area contributed by atoms with E-state index in [0.29, 0.717) is 6.54 Å². The Bertz CT molecular complexity index is 910. The number of hydrogen-bond donors (Lipinski definition) is 1. The van der Waals surface area contributed by atoms with E-state index in [0.717, 1.165) is 32.9 Å². The molecule has 1 heterocycles. The Morgan fingerprint density at radius 1 is 1.21 bits per heavy atom. The molecular weight excluding hydrogens is 350 g/mol. The minimum atomic E-state index is -0.514. The molecule has 0 fully saturated rings. The maximum Gasteiger partial charge on any atom is 0.407 e. The first-order valence-electron chi connectivity index (χ1n) is 9.63. The Labute approximate surface area is 168 Å². The number of benzene rings is 1. The van der Waals surface area contributed by atoms with Crippen LogP contribution in [0.3, 0.4) is 0 Å². The average molecular weight is 384 g/mol. The molecule has 0 aliphatic carbocycles. The number of furan rings is 1. The summed E-state index contributed by atoms with van der Waals surface area (Å²) in [5.41, 5.74) is 4.36. The number of rotatable bonds is 4. The van der Waals surface area contributed by atoms with Crippen molar-refractivity contribution in [3.05, 3.63) is 70.0 Å². The Kier molecular flexibility index (Phi) is 8.77. The van der Waals surface area contributed by atoms with E-state index in [1.165, 1.54) is 0 Å². The van der Waals surface area contributed by atoms with Gasteiger partial charge in [-0.3, -0.25) is 0 Å². The summed E-state index contributed by atoms with van der Waals surface area (Å²) in [6.45, 7) is 18.0. The van der Waals surface area contributed by atoms with Crippen LogP contribution in [0.25, 0.3) is 12.2 Å². The molecule has 0 aliphatic heterocycles. The molecule has 0 bridgehead atoms. The highest BCUT2D eigenvalue weighted by molar-refractivity contribution is 5.74. The fraction of sp³-hybridized carbons (Fsp3) is 0.375. The first-order valence-corrected chi connectivity index (χ1v) is 9.63. The summed E-state index contributed by atoms with van der Waals surface area (Å²) in [4.78, 5) is 11.9. The molecule has 2 aromatic rings. The number of alkyl carbamates (subject to hydrolysis) is 1. The van der Waals surface area contributed by atoms with Crippen LogP contribution in [0.4, 0.5) is 4.79 Å². The van der Waals surface area contributed by atoms with Crippen molar-refractivity contribution in [2.45, 2.75) is 60.6 Å². The van der Waals surface area contributed by atoms with Gasteiger partial charge in [-0.2, -0.15) is 0 Å². The van der Waals surface area contributed by atoms with Gasteiger partial charge in [-0.15, -0.1) is 0 Å². The van der Waals surface area contributed by atoms with Gasteiger partial charge in [0.1, 0.15) is 11.0 Å². The van der Waals surface area contributed by atoms with Crippen molar-refractivity contribution in [3.63, 3.8) is 0 Å². The summed E-state index contributed by atoms with van der Waals surface area (Å²) in [5.74, 6) is 0. The second-order valence-electron chi connectivity index (χ2n) is 7.47. The number of ether oxygens (including phenoxy) is 1. The highest BCUT2D eigenvalue weighted by Crippen LogP contribution is 2.17. The first-order chi connectivity index (χ1) is 13.2. The van der Waals surface area contributed by atoms with Gasteiger partial charge < -0.3 is 14.5 Å². The van der Waals surface area contributed by atoms with Crippen LogP contribution < -0.4 is 16.0 Å². The topological polar surface area (TPSA) is 51.5 Å². The maximum absolute atomic E-state index is 11.9. The molecule has 4 heteroatoms. The summed E-state index contributed by atoms with van der Waals surface area (Å²) in [5, 5.41) is 3.63. The number of nitrogens with one attached hydrogen (secondary N) is 1. The minimum Gasteiger partial charge on any atom is -0.464 e. The molecule has 0 atom stereocenters. The molecule has 1 amide bonds. The molecule has 0 unspecified atom stereocenters. The predicted octanol–water partition coefficient (Wildman–Crippen LogP) is 4.91. The molecule has 0 aliphatic rings. The summed E-state index contributed by atoms with van der Waals surface area (Å²) < 4.78 is 10.9. The summed E-state index contributed by atoms with van der Waals surface area (Å²) in [7, 11) is 0. The molecule has 1 aromatic heterocycles. The van der Waals surface area contributed by atoms with Gasteiger partial charge in [0, 0.05) is 17.3 Å². The van der Waals surface area contributed by atoms with Crippen molar-refractivity contribution in [2.75, 3.05) is 0 Å². The van der Waals surface area contributed by atoms with Crippen molar-refractivity contribution in [1.82, 2.24) is 5.32 Å². The van der Waals surface area contributed by atoms with Crippen LogP contribution in [0, 0.1) is 0 Å². The zero-order chi connectivity index (χ0) is 21.3. The van der Waals surface area contributed by atoms with Crippen molar-refractivity contribution in [2.24, 2.45) is 0 Å². The van der Waals surface area contributed by atoms with E-state index in [9.17, 15) is 4.79 Å². The van der Waals surface area contributed by atoms with Gasteiger partial charge in [0.2, 0.25) is 0 Å². The lowest BCUT2D eigenvalue weighted by Gasteiger charge is -2.19. The Balaban J connectivity index is 0.00000190. The largest absolute Gasteiger partial charge is 0.464 e. The molecule has 152 valence electrons. The lowest BCUT2D eigenvalue weighted by molar-refractivity contribution is 0.0523. The standard InChI is InChI=1S/C22H27NO3.C2H6/c1-15(2)12-19(20-16(3)10-11-25-20)18-9-7-8-17(13-18)14-23-21(24)26-22(4,5)6;1-2/h7-13H,3,14H2,1-2,4-6H3,(H,23,24);1-2H3/b20-19-;. The van der Waals surface area contributed by atoms with Crippen LogP contribution in [0.2, 0.25) is 0 Å². The fourth-order valence-corrected chi connectivity index (χ4v) is 2.48. The molecule has 1 N–H and O–H groups in total. The summed E-state index contributed by atoms with van der Waals surface area (Å²) in [6, 6.07) is 9.84. The second kappa shape index (κ2) is 10.5. The van der Waals surface area contributed by atoms with Crippen molar-refractivity contribution < 1.29 is 13.9 Å². The van der Waals surface area contributed by atoms with Crippen LogP contribution >= 0.6 is 0 Å². The third-order valence-electron chi connectivity index (χ3n) is 3.50. The SMILES string of the molecule is C=c1cco/c1=C(/C=C(C)C)c1cccc(CNC(=O)OC(C)(C)C)c1.CC. The smallest absolute Gasteiger partial charge is 0.407 e. The van der Waals surface area contributed by atoms with Crippen molar-refractivity contribution in [1.29, 1.82) is 0 Å². The second-order valence-corrected chi connectivity index (χ2v) is 7.47. The highest BCUT2D eigenvalue weighted by atomic mass is 16.6. The monoisotopic (exact) mass is 383 g/mol.